The van der Waals surface area contributed by atoms with Crippen molar-refractivity contribution >= 4 is 0 Å². The predicted molar refractivity (Wildman–Crippen MR) is 76.3 cm³/mol. The van der Waals surface area contributed by atoms with Gasteiger partial charge < -0.3 is 4.74 Å². The molecule has 0 N–H and O–H groups in total. The van der Waals surface area contributed by atoms with Crippen LogP contribution in [0.15, 0.2) is 36.4 Å². The van der Waals surface area contributed by atoms with E-state index in [-0.39, 0.29) is 11.3 Å². The maximum atomic E-state index is 14.1. The molecule has 0 spiro atoms. The van der Waals surface area contributed by atoms with Crippen molar-refractivity contribution < 1.29 is 13.5 Å². The fraction of sp³-hybridized carbons (Fsp3) is 0.235. The summed E-state index contributed by atoms with van der Waals surface area (Å²) in [6.07, 6.45) is -3.42. The number of nitriles is 1. The molecule has 0 radical (unpaired) electrons. The van der Waals surface area contributed by atoms with Gasteiger partial charge in [-0.15, -0.1) is 0 Å². The van der Waals surface area contributed by atoms with Crippen molar-refractivity contribution in [3.05, 3.63) is 64.2 Å². The van der Waals surface area contributed by atoms with Crippen LogP contribution >= 0.6 is 0 Å². The van der Waals surface area contributed by atoms with Gasteiger partial charge in [-0.05, 0) is 56.2 Å². The van der Waals surface area contributed by atoms with Crippen LogP contribution in [0.3, 0.4) is 0 Å². The van der Waals surface area contributed by atoms with E-state index in [1.165, 1.54) is 24.3 Å². The Bertz CT molecular complexity index is 677. The average Bonchev–Trinajstić information content (AvgIpc) is 2.38. The molecule has 0 aliphatic rings. The molecule has 0 bridgehead atoms. The molecule has 0 aliphatic carbocycles. The normalized spacial score (nSPS) is 11.0. The quantitative estimate of drug-likeness (QED) is 0.825. The summed E-state index contributed by atoms with van der Waals surface area (Å²) in [6.45, 7) is 5.22. The summed E-state index contributed by atoms with van der Waals surface area (Å²) in [4.78, 5) is 0. The molecular formula is C17H15F2NO. The van der Waals surface area contributed by atoms with Gasteiger partial charge in [0.15, 0.2) is 0 Å². The first-order chi connectivity index (χ1) is 9.83. The standard InChI is InChI=1S/C17H15F2NO/c1-11-4-6-14(7-5-11)17(18,19)21-15-8-12(2)16(10-20)13(3)9-15/h4-9H,1-3H3. The zero-order chi connectivity index (χ0) is 15.6. The summed E-state index contributed by atoms with van der Waals surface area (Å²) in [6, 6.07) is 10.9. The van der Waals surface area contributed by atoms with E-state index < -0.39 is 6.11 Å². The molecule has 0 atom stereocenters. The van der Waals surface area contributed by atoms with E-state index in [2.05, 4.69) is 0 Å². The highest BCUT2D eigenvalue weighted by Crippen LogP contribution is 2.33. The van der Waals surface area contributed by atoms with Gasteiger partial charge in [0.25, 0.3) is 0 Å². The molecule has 2 nitrogen and oxygen atoms in total. The van der Waals surface area contributed by atoms with Gasteiger partial charge in [0, 0.05) is 0 Å². The summed E-state index contributed by atoms with van der Waals surface area (Å²) < 4.78 is 33.1. The van der Waals surface area contributed by atoms with Gasteiger partial charge >= 0.3 is 6.11 Å². The van der Waals surface area contributed by atoms with Gasteiger partial charge in [-0.3, -0.25) is 0 Å². The third-order valence-corrected chi connectivity index (χ3v) is 3.25. The smallest absolute Gasteiger partial charge is 0.426 e. The van der Waals surface area contributed by atoms with Crippen LogP contribution in [0.4, 0.5) is 8.78 Å². The predicted octanol–water partition coefficient (Wildman–Crippen LogP) is 4.61. The van der Waals surface area contributed by atoms with Gasteiger partial charge in [-0.2, -0.15) is 14.0 Å². The van der Waals surface area contributed by atoms with Gasteiger partial charge in [-0.1, -0.05) is 17.7 Å². The molecule has 0 saturated carbocycles. The number of aryl methyl sites for hydroxylation is 3. The number of benzene rings is 2. The van der Waals surface area contributed by atoms with E-state index in [4.69, 9.17) is 10.00 Å². The van der Waals surface area contributed by atoms with Crippen molar-refractivity contribution in [1.82, 2.24) is 0 Å². The van der Waals surface area contributed by atoms with Crippen molar-refractivity contribution in [3.8, 4) is 11.8 Å². The Morgan fingerprint density at radius 3 is 2.00 bits per heavy atom. The average molecular weight is 287 g/mol. The fourth-order valence-corrected chi connectivity index (χ4v) is 2.11. The summed E-state index contributed by atoms with van der Waals surface area (Å²) in [5, 5.41) is 8.99. The Morgan fingerprint density at radius 1 is 1.00 bits per heavy atom. The number of hydrogen-bond donors (Lipinski definition) is 0. The van der Waals surface area contributed by atoms with Crippen LogP contribution in [0, 0.1) is 32.1 Å². The second kappa shape index (κ2) is 5.53. The lowest BCUT2D eigenvalue weighted by Gasteiger charge is -2.19. The van der Waals surface area contributed by atoms with Crippen LogP contribution in [0.2, 0.25) is 0 Å². The lowest BCUT2D eigenvalue weighted by molar-refractivity contribution is -0.185. The minimum atomic E-state index is -3.42. The number of hydrogen-bond acceptors (Lipinski definition) is 2. The molecule has 0 saturated heterocycles. The molecule has 2 rings (SSSR count). The van der Waals surface area contributed by atoms with E-state index in [9.17, 15) is 8.78 Å². The van der Waals surface area contributed by atoms with Crippen LogP contribution in [0.1, 0.15) is 27.8 Å². The van der Waals surface area contributed by atoms with Crippen molar-refractivity contribution in [2.24, 2.45) is 0 Å². The Morgan fingerprint density at radius 2 is 1.52 bits per heavy atom. The number of halogens is 2. The number of nitrogens with zero attached hydrogens (tertiary/aromatic N) is 1. The molecule has 0 unspecified atom stereocenters. The van der Waals surface area contributed by atoms with Gasteiger partial charge in [0.1, 0.15) is 5.75 Å². The van der Waals surface area contributed by atoms with Crippen molar-refractivity contribution in [2.75, 3.05) is 0 Å². The number of rotatable bonds is 3. The lowest BCUT2D eigenvalue weighted by atomic mass is 10.0. The second-order valence-corrected chi connectivity index (χ2v) is 5.03. The molecule has 2 aromatic rings. The Hall–Kier alpha value is -2.41. The highest BCUT2D eigenvalue weighted by Gasteiger charge is 2.34. The first-order valence-electron chi connectivity index (χ1n) is 6.49. The minimum absolute atomic E-state index is 0.0505. The van der Waals surface area contributed by atoms with E-state index in [0.717, 1.165) is 5.56 Å². The molecule has 0 aliphatic heterocycles. The minimum Gasteiger partial charge on any atom is -0.429 e. The van der Waals surface area contributed by atoms with E-state index in [1.807, 2.05) is 13.0 Å². The topological polar surface area (TPSA) is 33.0 Å². The van der Waals surface area contributed by atoms with Crippen LogP contribution < -0.4 is 4.74 Å². The van der Waals surface area contributed by atoms with Crippen LogP contribution in [-0.4, -0.2) is 0 Å². The van der Waals surface area contributed by atoms with Crippen LogP contribution in [-0.2, 0) is 6.11 Å². The summed E-state index contributed by atoms with van der Waals surface area (Å²) in [7, 11) is 0. The Labute approximate surface area is 122 Å². The summed E-state index contributed by atoms with van der Waals surface area (Å²) >= 11 is 0. The second-order valence-electron chi connectivity index (χ2n) is 5.03. The van der Waals surface area contributed by atoms with E-state index >= 15 is 0 Å². The Balaban J connectivity index is 2.33. The van der Waals surface area contributed by atoms with Gasteiger partial charge in [0.05, 0.1) is 17.2 Å². The van der Waals surface area contributed by atoms with Crippen molar-refractivity contribution in [2.45, 2.75) is 26.9 Å². The largest absolute Gasteiger partial charge is 0.429 e. The number of ether oxygens (including phenoxy) is 1. The van der Waals surface area contributed by atoms with Gasteiger partial charge in [0.2, 0.25) is 0 Å². The van der Waals surface area contributed by atoms with Gasteiger partial charge in [-0.25, -0.2) is 0 Å². The van der Waals surface area contributed by atoms with Crippen molar-refractivity contribution in [1.29, 1.82) is 5.26 Å². The third-order valence-electron chi connectivity index (χ3n) is 3.25. The van der Waals surface area contributed by atoms with Crippen LogP contribution in [0.25, 0.3) is 0 Å². The number of alkyl halides is 2. The molecule has 108 valence electrons. The molecule has 0 heterocycles. The highest BCUT2D eigenvalue weighted by molar-refractivity contribution is 5.48. The maximum Gasteiger partial charge on any atom is 0.426 e. The molecule has 4 heteroatoms. The maximum absolute atomic E-state index is 14.1. The molecule has 21 heavy (non-hydrogen) atoms. The summed E-state index contributed by atoms with van der Waals surface area (Å²) in [5.41, 5.74) is 2.42. The first-order valence-corrected chi connectivity index (χ1v) is 6.49. The molecular weight excluding hydrogens is 272 g/mol. The molecule has 2 aromatic carbocycles. The molecule has 0 amide bonds. The third kappa shape index (κ3) is 3.19. The Kier molecular flexibility index (Phi) is 3.95. The van der Waals surface area contributed by atoms with E-state index in [0.29, 0.717) is 16.7 Å². The van der Waals surface area contributed by atoms with Crippen LogP contribution in [0.5, 0.6) is 5.75 Å². The lowest BCUT2D eigenvalue weighted by Crippen LogP contribution is -2.22. The van der Waals surface area contributed by atoms with Crippen molar-refractivity contribution in [3.63, 3.8) is 0 Å². The first kappa shape index (κ1) is 15.0. The zero-order valence-corrected chi connectivity index (χ0v) is 12.1. The molecule has 0 fully saturated rings. The summed E-state index contributed by atoms with van der Waals surface area (Å²) in [5.74, 6) is 0.0505. The zero-order valence-electron chi connectivity index (χ0n) is 12.1. The fourth-order valence-electron chi connectivity index (χ4n) is 2.11. The SMILES string of the molecule is Cc1ccc(C(F)(F)Oc2cc(C)c(C#N)c(C)c2)cc1. The monoisotopic (exact) mass is 287 g/mol. The van der Waals surface area contributed by atoms with E-state index in [1.54, 1.807) is 26.0 Å². The highest BCUT2D eigenvalue weighted by atomic mass is 19.3. The molecule has 0 aromatic heterocycles.